The number of anilines is 1. The van der Waals surface area contributed by atoms with E-state index in [2.05, 4.69) is 98.4 Å². The third-order valence-corrected chi connectivity index (χ3v) is 6.71. The first-order valence-corrected chi connectivity index (χ1v) is 11.6. The van der Waals surface area contributed by atoms with Gasteiger partial charge in [-0.1, -0.05) is 68.8 Å². The topological polar surface area (TPSA) is 42.7 Å². The van der Waals surface area contributed by atoms with Crippen LogP contribution in [0.3, 0.4) is 0 Å². The van der Waals surface area contributed by atoms with Gasteiger partial charge in [-0.15, -0.1) is 0 Å². The van der Waals surface area contributed by atoms with Crippen molar-refractivity contribution >= 4 is 16.9 Å². The largest absolute Gasteiger partial charge is 0.367 e. The van der Waals surface area contributed by atoms with Gasteiger partial charge in [-0.05, 0) is 55.2 Å². The lowest BCUT2D eigenvalue weighted by atomic mass is 9.70. The fraction of sp³-hybridized carbons (Fsp3) is 0.357. The molecule has 4 aromatic rings. The number of rotatable bonds is 4. The second-order valence-corrected chi connectivity index (χ2v) is 10.3. The highest BCUT2D eigenvalue weighted by Crippen LogP contribution is 2.41. The number of fused-ring (bicyclic) bond motifs is 1. The maximum Gasteiger partial charge on any atom is 0.150 e. The van der Waals surface area contributed by atoms with Crippen molar-refractivity contribution < 1.29 is 0 Å². The standard InChI is InChI=1S/C28H32N4/c1-19-10-12-23(13-11-19)32-17-24(21-8-6-5-7-9-21)25-26(29-18-30-27(25)32)31-22-14-20(2)15-28(3,4)16-22/h5-13,17-18,20,22H,14-16H2,1-4H3,(H,29,30,31)/t20-,22+/m0/s1. The Balaban J connectivity index is 1.65. The lowest BCUT2D eigenvalue weighted by molar-refractivity contribution is 0.178. The first kappa shape index (κ1) is 20.7. The molecule has 164 valence electrons. The van der Waals surface area contributed by atoms with Crippen molar-refractivity contribution in [2.45, 2.75) is 53.0 Å². The zero-order valence-corrected chi connectivity index (χ0v) is 19.5. The van der Waals surface area contributed by atoms with Crippen molar-refractivity contribution in [3.8, 4) is 16.8 Å². The third kappa shape index (κ3) is 4.02. The summed E-state index contributed by atoms with van der Waals surface area (Å²) in [4.78, 5) is 9.48. The molecule has 2 atom stereocenters. The van der Waals surface area contributed by atoms with Crippen LogP contribution in [0.4, 0.5) is 5.82 Å². The van der Waals surface area contributed by atoms with Gasteiger partial charge in [-0.25, -0.2) is 9.97 Å². The first-order valence-electron chi connectivity index (χ1n) is 11.6. The summed E-state index contributed by atoms with van der Waals surface area (Å²) in [5, 5.41) is 4.92. The Morgan fingerprint density at radius 3 is 2.44 bits per heavy atom. The zero-order valence-electron chi connectivity index (χ0n) is 19.5. The molecular formula is C28H32N4. The van der Waals surface area contributed by atoms with Crippen LogP contribution in [-0.4, -0.2) is 20.6 Å². The molecular weight excluding hydrogens is 392 g/mol. The highest BCUT2D eigenvalue weighted by Gasteiger charge is 2.32. The monoisotopic (exact) mass is 424 g/mol. The summed E-state index contributed by atoms with van der Waals surface area (Å²) < 4.78 is 2.19. The maximum atomic E-state index is 4.75. The van der Waals surface area contributed by atoms with E-state index in [1.165, 1.54) is 24.0 Å². The molecule has 0 aliphatic heterocycles. The molecule has 32 heavy (non-hydrogen) atoms. The highest BCUT2D eigenvalue weighted by atomic mass is 15.1. The normalized spacial score (nSPS) is 20.4. The lowest BCUT2D eigenvalue weighted by Crippen LogP contribution is -2.35. The Labute approximate surface area is 190 Å². The maximum absolute atomic E-state index is 4.75. The molecule has 1 aliphatic rings. The van der Waals surface area contributed by atoms with Crippen LogP contribution in [0.15, 0.2) is 67.1 Å². The molecule has 0 spiro atoms. The van der Waals surface area contributed by atoms with Crippen LogP contribution in [0.2, 0.25) is 0 Å². The summed E-state index contributed by atoms with van der Waals surface area (Å²) in [6, 6.07) is 19.6. The van der Waals surface area contributed by atoms with Gasteiger partial charge in [0.2, 0.25) is 0 Å². The molecule has 1 N–H and O–H groups in total. The Kier molecular flexibility index (Phi) is 5.24. The minimum atomic E-state index is 0.345. The van der Waals surface area contributed by atoms with Gasteiger partial charge in [0.15, 0.2) is 5.65 Å². The highest BCUT2D eigenvalue weighted by molar-refractivity contribution is 6.02. The van der Waals surface area contributed by atoms with Gasteiger partial charge >= 0.3 is 0 Å². The van der Waals surface area contributed by atoms with E-state index >= 15 is 0 Å². The molecule has 5 rings (SSSR count). The number of benzene rings is 2. The van der Waals surface area contributed by atoms with Crippen LogP contribution >= 0.6 is 0 Å². The van der Waals surface area contributed by atoms with E-state index < -0.39 is 0 Å². The Hall–Kier alpha value is -3.14. The SMILES string of the molecule is Cc1ccc(-n2cc(-c3ccccc3)c3c(N[C@@H]4C[C@H](C)CC(C)(C)C4)ncnc32)cc1. The third-order valence-electron chi connectivity index (χ3n) is 6.71. The van der Waals surface area contributed by atoms with E-state index in [-0.39, 0.29) is 0 Å². The molecule has 0 saturated heterocycles. The van der Waals surface area contributed by atoms with Crippen molar-refractivity contribution in [3.63, 3.8) is 0 Å². The Bertz CT molecular complexity index is 1220. The number of nitrogens with zero attached hydrogens (tertiary/aromatic N) is 3. The second-order valence-electron chi connectivity index (χ2n) is 10.3. The summed E-state index contributed by atoms with van der Waals surface area (Å²) in [6.07, 6.45) is 7.51. The van der Waals surface area contributed by atoms with E-state index in [9.17, 15) is 0 Å². The van der Waals surface area contributed by atoms with Gasteiger partial charge in [0.1, 0.15) is 12.1 Å². The number of hydrogen-bond donors (Lipinski definition) is 1. The van der Waals surface area contributed by atoms with E-state index in [1.807, 2.05) is 0 Å². The number of aryl methyl sites for hydroxylation is 1. The van der Waals surface area contributed by atoms with Gasteiger partial charge in [0.25, 0.3) is 0 Å². The Morgan fingerprint density at radius 2 is 1.72 bits per heavy atom. The van der Waals surface area contributed by atoms with Crippen LogP contribution in [-0.2, 0) is 0 Å². The van der Waals surface area contributed by atoms with Crippen LogP contribution in [0, 0.1) is 18.3 Å². The molecule has 0 radical (unpaired) electrons. The van der Waals surface area contributed by atoms with Gasteiger partial charge in [-0.3, -0.25) is 0 Å². The van der Waals surface area contributed by atoms with E-state index in [1.54, 1.807) is 6.33 Å². The molecule has 2 aromatic carbocycles. The van der Waals surface area contributed by atoms with Gasteiger partial charge in [0, 0.05) is 23.5 Å². The van der Waals surface area contributed by atoms with Crippen LogP contribution < -0.4 is 5.32 Å². The van der Waals surface area contributed by atoms with E-state index in [0.29, 0.717) is 17.4 Å². The summed E-state index contributed by atoms with van der Waals surface area (Å²) in [6.45, 7) is 9.25. The fourth-order valence-electron chi connectivity index (χ4n) is 5.56. The molecule has 4 heteroatoms. The minimum Gasteiger partial charge on any atom is -0.367 e. The first-order chi connectivity index (χ1) is 15.4. The summed E-state index contributed by atoms with van der Waals surface area (Å²) >= 11 is 0. The predicted molar refractivity (Wildman–Crippen MR) is 133 cm³/mol. The average molecular weight is 425 g/mol. The van der Waals surface area contributed by atoms with Crippen molar-refractivity contribution in [1.29, 1.82) is 0 Å². The molecule has 1 saturated carbocycles. The van der Waals surface area contributed by atoms with Crippen molar-refractivity contribution in [2.24, 2.45) is 11.3 Å². The number of hydrogen-bond acceptors (Lipinski definition) is 3. The smallest absolute Gasteiger partial charge is 0.150 e. The quantitative estimate of drug-likeness (QED) is 0.383. The fourth-order valence-corrected chi connectivity index (χ4v) is 5.56. The Morgan fingerprint density at radius 1 is 0.969 bits per heavy atom. The zero-order chi connectivity index (χ0) is 22.3. The van der Waals surface area contributed by atoms with Gasteiger partial charge in [-0.2, -0.15) is 0 Å². The molecule has 4 nitrogen and oxygen atoms in total. The number of aromatic nitrogens is 3. The summed E-state index contributed by atoms with van der Waals surface area (Å²) in [7, 11) is 0. The molecule has 0 amide bonds. The molecule has 0 unspecified atom stereocenters. The van der Waals surface area contributed by atoms with Crippen molar-refractivity contribution in [3.05, 3.63) is 72.7 Å². The van der Waals surface area contributed by atoms with Crippen LogP contribution in [0.5, 0.6) is 0 Å². The van der Waals surface area contributed by atoms with Gasteiger partial charge in [0.05, 0.1) is 5.39 Å². The number of nitrogens with one attached hydrogen (secondary N) is 1. The molecule has 1 aliphatic carbocycles. The lowest BCUT2D eigenvalue weighted by Gasteiger charge is -2.39. The van der Waals surface area contributed by atoms with E-state index in [0.717, 1.165) is 34.5 Å². The predicted octanol–water partition coefficient (Wildman–Crippen LogP) is 7.02. The van der Waals surface area contributed by atoms with Crippen LogP contribution in [0.25, 0.3) is 27.8 Å². The molecule has 2 heterocycles. The van der Waals surface area contributed by atoms with Gasteiger partial charge < -0.3 is 9.88 Å². The average Bonchev–Trinajstić information content (AvgIpc) is 3.14. The summed E-state index contributed by atoms with van der Waals surface area (Å²) in [5.41, 5.74) is 5.98. The van der Waals surface area contributed by atoms with Crippen LogP contribution in [0.1, 0.15) is 45.6 Å². The summed E-state index contributed by atoms with van der Waals surface area (Å²) in [5.74, 6) is 1.65. The van der Waals surface area contributed by atoms with E-state index in [4.69, 9.17) is 9.97 Å². The molecule has 0 bridgehead atoms. The van der Waals surface area contributed by atoms with Crippen molar-refractivity contribution in [1.82, 2.24) is 14.5 Å². The minimum absolute atomic E-state index is 0.345. The second kappa shape index (κ2) is 8.09. The molecule has 2 aromatic heterocycles. The molecule has 1 fully saturated rings. The van der Waals surface area contributed by atoms with Crippen molar-refractivity contribution in [2.75, 3.05) is 5.32 Å².